The van der Waals surface area contributed by atoms with Gasteiger partial charge in [0, 0.05) is 36.2 Å². The van der Waals surface area contributed by atoms with Gasteiger partial charge in [-0.3, -0.25) is 0 Å². The molecule has 0 spiro atoms. The highest BCUT2D eigenvalue weighted by Crippen LogP contribution is 2.24. The Morgan fingerprint density at radius 2 is 2.40 bits per heavy atom. The Morgan fingerprint density at radius 1 is 1.53 bits per heavy atom. The van der Waals surface area contributed by atoms with E-state index in [0.29, 0.717) is 0 Å². The van der Waals surface area contributed by atoms with Crippen molar-refractivity contribution in [2.75, 3.05) is 13.2 Å². The molecular weight excluding hydrogens is 208 g/mol. The summed E-state index contributed by atoms with van der Waals surface area (Å²) in [4.78, 5) is 4.48. The molecule has 1 aliphatic heterocycles. The molecule has 15 heavy (non-hydrogen) atoms. The SMILES string of the molecule is Cc1csc(CC2(N)CCCOCC2)n1. The van der Waals surface area contributed by atoms with Crippen molar-refractivity contribution in [1.29, 1.82) is 0 Å². The van der Waals surface area contributed by atoms with E-state index in [1.54, 1.807) is 11.3 Å². The number of ether oxygens (including phenoxy) is 1. The van der Waals surface area contributed by atoms with E-state index in [1.807, 2.05) is 6.92 Å². The quantitative estimate of drug-likeness (QED) is 0.837. The van der Waals surface area contributed by atoms with Crippen LogP contribution in [0.15, 0.2) is 5.38 Å². The van der Waals surface area contributed by atoms with Crippen LogP contribution in [0.25, 0.3) is 0 Å². The second kappa shape index (κ2) is 4.60. The smallest absolute Gasteiger partial charge is 0.0946 e. The molecule has 2 heterocycles. The average Bonchev–Trinajstić information content (AvgIpc) is 2.46. The minimum atomic E-state index is -0.0964. The summed E-state index contributed by atoms with van der Waals surface area (Å²) in [5, 5.41) is 3.25. The molecule has 0 aliphatic carbocycles. The molecule has 0 radical (unpaired) electrons. The molecule has 1 fully saturated rings. The molecule has 2 N–H and O–H groups in total. The lowest BCUT2D eigenvalue weighted by Gasteiger charge is -2.26. The predicted octanol–water partition coefficient (Wildman–Crippen LogP) is 1.89. The van der Waals surface area contributed by atoms with Crippen LogP contribution in [-0.2, 0) is 11.2 Å². The Balaban J connectivity index is 2.02. The highest BCUT2D eigenvalue weighted by molar-refractivity contribution is 7.09. The molecule has 1 atom stereocenters. The van der Waals surface area contributed by atoms with Crippen LogP contribution in [0.2, 0.25) is 0 Å². The normalized spacial score (nSPS) is 27.6. The van der Waals surface area contributed by atoms with Gasteiger partial charge >= 0.3 is 0 Å². The van der Waals surface area contributed by atoms with Crippen LogP contribution in [0, 0.1) is 6.92 Å². The first-order chi connectivity index (χ1) is 7.18. The summed E-state index contributed by atoms with van der Waals surface area (Å²) in [6.45, 7) is 3.68. The average molecular weight is 226 g/mol. The minimum absolute atomic E-state index is 0.0964. The number of hydrogen-bond acceptors (Lipinski definition) is 4. The number of rotatable bonds is 2. The maximum absolute atomic E-state index is 6.39. The monoisotopic (exact) mass is 226 g/mol. The third-order valence-electron chi connectivity index (χ3n) is 2.88. The highest BCUT2D eigenvalue weighted by atomic mass is 32.1. The van der Waals surface area contributed by atoms with Gasteiger partial charge in [-0.05, 0) is 26.2 Å². The van der Waals surface area contributed by atoms with Gasteiger partial charge in [0.25, 0.3) is 0 Å². The van der Waals surface area contributed by atoms with Gasteiger partial charge in [0.05, 0.1) is 5.01 Å². The van der Waals surface area contributed by atoms with Gasteiger partial charge in [-0.2, -0.15) is 0 Å². The van der Waals surface area contributed by atoms with E-state index in [-0.39, 0.29) is 5.54 Å². The highest BCUT2D eigenvalue weighted by Gasteiger charge is 2.27. The molecule has 3 nitrogen and oxygen atoms in total. The van der Waals surface area contributed by atoms with Gasteiger partial charge in [0.2, 0.25) is 0 Å². The third kappa shape index (κ3) is 3.00. The van der Waals surface area contributed by atoms with Gasteiger partial charge in [-0.15, -0.1) is 11.3 Å². The summed E-state index contributed by atoms with van der Waals surface area (Å²) in [6.07, 6.45) is 3.97. The van der Waals surface area contributed by atoms with E-state index < -0.39 is 0 Å². The number of aryl methyl sites for hydroxylation is 1. The molecule has 1 aromatic heterocycles. The topological polar surface area (TPSA) is 48.1 Å². The summed E-state index contributed by atoms with van der Waals surface area (Å²) in [5.41, 5.74) is 7.39. The maximum atomic E-state index is 6.39. The van der Waals surface area contributed by atoms with Gasteiger partial charge < -0.3 is 10.5 Å². The second-order valence-electron chi connectivity index (χ2n) is 4.39. The van der Waals surface area contributed by atoms with Gasteiger partial charge in [0.15, 0.2) is 0 Å². The third-order valence-corrected chi connectivity index (χ3v) is 3.84. The van der Waals surface area contributed by atoms with Crippen LogP contribution in [0.1, 0.15) is 30.0 Å². The Morgan fingerprint density at radius 3 is 3.13 bits per heavy atom. The maximum Gasteiger partial charge on any atom is 0.0946 e. The standard InChI is InChI=1S/C11H18N2OS/c1-9-8-15-10(13-9)7-11(12)3-2-5-14-6-4-11/h8H,2-7,12H2,1H3. The van der Waals surface area contributed by atoms with Crippen LogP contribution in [0.4, 0.5) is 0 Å². The van der Waals surface area contributed by atoms with Crippen molar-refractivity contribution in [2.24, 2.45) is 5.73 Å². The first kappa shape index (κ1) is 11.0. The Bertz CT molecular complexity index is 316. The molecule has 0 aromatic carbocycles. The number of nitrogens with zero attached hydrogens (tertiary/aromatic N) is 1. The lowest BCUT2D eigenvalue weighted by molar-refractivity contribution is 0.139. The van der Waals surface area contributed by atoms with Crippen LogP contribution in [0.3, 0.4) is 0 Å². The van der Waals surface area contributed by atoms with E-state index in [4.69, 9.17) is 10.5 Å². The molecule has 0 bridgehead atoms. The summed E-state index contributed by atoms with van der Waals surface area (Å²) < 4.78 is 5.44. The molecule has 4 heteroatoms. The van der Waals surface area contributed by atoms with Gasteiger partial charge in [-0.25, -0.2) is 4.98 Å². The first-order valence-corrected chi connectivity index (χ1v) is 6.34. The predicted molar refractivity (Wildman–Crippen MR) is 62.1 cm³/mol. The largest absolute Gasteiger partial charge is 0.381 e. The Hall–Kier alpha value is -0.450. The lowest BCUT2D eigenvalue weighted by atomic mass is 9.89. The van der Waals surface area contributed by atoms with E-state index in [2.05, 4.69) is 10.4 Å². The second-order valence-corrected chi connectivity index (χ2v) is 5.33. The number of hydrogen-bond donors (Lipinski definition) is 1. The van der Waals surface area contributed by atoms with Crippen molar-refractivity contribution >= 4 is 11.3 Å². The molecular formula is C11H18N2OS. The minimum Gasteiger partial charge on any atom is -0.381 e. The van der Waals surface area contributed by atoms with Crippen molar-refractivity contribution in [3.05, 3.63) is 16.1 Å². The van der Waals surface area contributed by atoms with Crippen LogP contribution in [-0.4, -0.2) is 23.7 Å². The summed E-state index contributed by atoms with van der Waals surface area (Å²) >= 11 is 1.72. The first-order valence-electron chi connectivity index (χ1n) is 5.46. The Kier molecular flexibility index (Phi) is 3.38. The molecule has 1 aliphatic rings. The van der Waals surface area contributed by atoms with E-state index in [1.165, 1.54) is 0 Å². The van der Waals surface area contributed by atoms with Gasteiger partial charge in [-0.1, -0.05) is 0 Å². The van der Waals surface area contributed by atoms with Crippen molar-refractivity contribution in [2.45, 2.75) is 38.1 Å². The zero-order valence-electron chi connectivity index (χ0n) is 9.16. The number of thiazole rings is 1. The molecule has 1 unspecified atom stereocenters. The lowest BCUT2D eigenvalue weighted by Crippen LogP contribution is -2.42. The number of aromatic nitrogens is 1. The fourth-order valence-electron chi connectivity index (χ4n) is 1.99. The van der Waals surface area contributed by atoms with E-state index in [0.717, 1.165) is 49.6 Å². The molecule has 1 aromatic rings. The molecule has 2 rings (SSSR count). The van der Waals surface area contributed by atoms with E-state index >= 15 is 0 Å². The van der Waals surface area contributed by atoms with Crippen molar-refractivity contribution in [1.82, 2.24) is 4.98 Å². The van der Waals surface area contributed by atoms with Crippen molar-refractivity contribution < 1.29 is 4.74 Å². The fraction of sp³-hybridized carbons (Fsp3) is 0.727. The van der Waals surface area contributed by atoms with Gasteiger partial charge in [0.1, 0.15) is 0 Å². The van der Waals surface area contributed by atoms with Crippen molar-refractivity contribution in [3.8, 4) is 0 Å². The molecule has 1 saturated heterocycles. The van der Waals surface area contributed by atoms with E-state index in [9.17, 15) is 0 Å². The summed E-state index contributed by atoms with van der Waals surface area (Å²) in [7, 11) is 0. The number of nitrogens with two attached hydrogens (primary N) is 1. The van der Waals surface area contributed by atoms with Crippen molar-refractivity contribution in [3.63, 3.8) is 0 Å². The zero-order valence-corrected chi connectivity index (χ0v) is 9.98. The summed E-state index contributed by atoms with van der Waals surface area (Å²) in [5.74, 6) is 0. The van der Waals surface area contributed by atoms with Crippen LogP contribution >= 0.6 is 11.3 Å². The summed E-state index contributed by atoms with van der Waals surface area (Å²) in [6, 6.07) is 0. The van der Waals surface area contributed by atoms with Crippen LogP contribution in [0.5, 0.6) is 0 Å². The molecule has 0 amide bonds. The molecule has 0 saturated carbocycles. The molecule has 84 valence electrons. The fourth-order valence-corrected chi connectivity index (χ4v) is 2.92. The zero-order chi connectivity index (χ0) is 10.7. The Labute approximate surface area is 94.7 Å². The van der Waals surface area contributed by atoms with Crippen LogP contribution < -0.4 is 5.73 Å².